The molecule has 0 radical (unpaired) electrons. The lowest BCUT2D eigenvalue weighted by molar-refractivity contribution is -0.153. The van der Waals surface area contributed by atoms with Gasteiger partial charge in [-0.3, -0.25) is 0 Å². The maximum atomic E-state index is 12.6. The van der Waals surface area contributed by atoms with Crippen LogP contribution in [0.1, 0.15) is 36.8 Å². The van der Waals surface area contributed by atoms with E-state index < -0.39 is 18.3 Å². The van der Waals surface area contributed by atoms with Crippen molar-refractivity contribution < 1.29 is 22.6 Å². The highest BCUT2D eigenvalue weighted by atomic mass is 19.4. The monoisotopic (exact) mass is 397 g/mol. The third kappa shape index (κ3) is 3.02. The molecule has 0 saturated heterocycles. The van der Waals surface area contributed by atoms with Gasteiger partial charge in [0.1, 0.15) is 11.3 Å². The van der Waals surface area contributed by atoms with Crippen molar-refractivity contribution in [2.24, 2.45) is 16.1 Å². The number of halogens is 3. The van der Waals surface area contributed by atoms with Crippen LogP contribution in [-0.2, 0) is 16.7 Å². The molecule has 8 heteroatoms. The maximum absolute atomic E-state index is 12.6. The number of ether oxygens (including phenoxy) is 2. The fourth-order valence-electron chi connectivity index (χ4n) is 5.29. The highest BCUT2D eigenvalue weighted by Crippen LogP contribution is 2.61. The number of nitrogens with two attached hydrogens (primary N) is 1. The van der Waals surface area contributed by atoms with Crippen LogP contribution < -0.4 is 10.5 Å². The molecule has 1 unspecified atom stereocenters. The molecule has 2 spiro atoms. The molecule has 3 aliphatic rings. The van der Waals surface area contributed by atoms with Gasteiger partial charge >= 0.3 is 6.18 Å². The molecule has 2 N–H and O–H groups in total. The number of methoxy groups -OCH3 is 1. The molecular weight excluding hydrogens is 371 g/mol. The number of guanidine groups is 1. The van der Waals surface area contributed by atoms with Gasteiger partial charge in [-0.2, -0.15) is 13.2 Å². The lowest BCUT2D eigenvalue weighted by atomic mass is 9.61. The average molecular weight is 397 g/mol. The van der Waals surface area contributed by atoms with Gasteiger partial charge in [-0.15, -0.1) is 0 Å². The molecule has 2 aliphatic carbocycles. The lowest BCUT2D eigenvalue weighted by Gasteiger charge is -2.46. The van der Waals surface area contributed by atoms with E-state index in [2.05, 4.69) is 0 Å². The molecule has 1 aliphatic heterocycles. The highest BCUT2D eigenvalue weighted by Gasteiger charge is 2.61. The average Bonchev–Trinajstić information content (AvgIpc) is 3.08. The summed E-state index contributed by atoms with van der Waals surface area (Å²) in [6.07, 6.45) is 0.520. The molecule has 0 amide bonds. The van der Waals surface area contributed by atoms with Crippen LogP contribution in [0.5, 0.6) is 5.75 Å². The SMILES string of the molecule is COC1CCC2(CC1)Cc1ccc(OCC(F)(F)F)cc1C21CN(C)C(N)=N1. The lowest BCUT2D eigenvalue weighted by Crippen LogP contribution is -2.47. The van der Waals surface area contributed by atoms with Gasteiger partial charge in [-0.1, -0.05) is 6.07 Å². The van der Waals surface area contributed by atoms with Crippen molar-refractivity contribution in [3.63, 3.8) is 0 Å². The van der Waals surface area contributed by atoms with Crippen molar-refractivity contribution in [2.75, 3.05) is 27.3 Å². The molecule has 1 aromatic rings. The molecule has 1 aromatic carbocycles. The molecule has 154 valence electrons. The molecule has 1 fully saturated rings. The summed E-state index contributed by atoms with van der Waals surface area (Å²) < 4.78 is 48.3. The van der Waals surface area contributed by atoms with Gasteiger partial charge in [0.2, 0.25) is 0 Å². The topological polar surface area (TPSA) is 60.1 Å². The molecule has 4 rings (SSSR count). The molecule has 28 heavy (non-hydrogen) atoms. The minimum absolute atomic E-state index is 0.0948. The second-order valence-corrected chi connectivity index (χ2v) is 8.30. The highest BCUT2D eigenvalue weighted by molar-refractivity contribution is 5.81. The normalized spacial score (nSPS) is 32.1. The minimum atomic E-state index is -4.37. The first-order chi connectivity index (χ1) is 13.2. The van der Waals surface area contributed by atoms with Crippen LogP contribution in [0.3, 0.4) is 0 Å². The number of hydrogen-bond acceptors (Lipinski definition) is 5. The number of aliphatic imine (C=N–C) groups is 1. The largest absolute Gasteiger partial charge is 0.484 e. The van der Waals surface area contributed by atoms with Gasteiger partial charge in [0, 0.05) is 19.6 Å². The zero-order valence-electron chi connectivity index (χ0n) is 16.2. The molecule has 0 aromatic heterocycles. The van der Waals surface area contributed by atoms with Crippen molar-refractivity contribution in [3.05, 3.63) is 29.3 Å². The van der Waals surface area contributed by atoms with Crippen LogP contribution >= 0.6 is 0 Å². The molecule has 5 nitrogen and oxygen atoms in total. The summed E-state index contributed by atoms with van der Waals surface area (Å²) >= 11 is 0. The van der Waals surface area contributed by atoms with Crippen LogP contribution in [0.25, 0.3) is 0 Å². The fourth-order valence-corrected chi connectivity index (χ4v) is 5.29. The van der Waals surface area contributed by atoms with E-state index >= 15 is 0 Å². The molecule has 1 saturated carbocycles. The van der Waals surface area contributed by atoms with E-state index in [0.717, 1.165) is 43.2 Å². The molecule has 0 bridgehead atoms. The molecular formula is C20H26F3N3O2. The van der Waals surface area contributed by atoms with E-state index in [-0.39, 0.29) is 17.3 Å². The Morgan fingerprint density at radius 3 is 2.57 bits per heavy atom. The zero-order chi connectivity index (χ0) is 20.2. The Morgan fingerprint density at radius 1 is 1.29 bits per heavy atom. The van der Waals surface area contributed by atoms with Gasteiger partial charge in [-0.05, 0) is 55.4 Å². The number of alkyl halides is 3. The summed E-state index contributed by atoms with van der Waals surface area (Å²) in [6.45, 7) is -0.670. The van der Waals surface area contributed by atoms with E-state index in [4.69, 9.17) is 20.2 Å². The van der Waals surface area contributed by atoms with Crippen molar-refractivity contribution in [3.8, 4) is 5.75 Å². The number of hydrogen-bond donors (Lipinski definition) is 1. The quantitative estimate of drug-likeness (QED) is 0.851. The first-order valence-electron chi connectivity index (χ1n) is 9.60. The first-order valence-corrected chi connectivity index (χ1v) is 9.60. The summed E-state index contributed by atoms with van der Waals surface area (Å²) in [7, 11) is 3.65. The Kier molecular flexibility index (Phi) is 4.52. The third-order valence-electron chi connectivity index (χ3n) is 6.72. The van der Waals surface area contributed by atoms with Crippen LogP contribution in [-0.4, -0.2) is 50.4 Å². The van der Waals surface area contributed by atoms with Gasteiger partial charge in [0.05, 0.1) is 12.6 Å². The Hall–Kier alpha value is -1.96. The minimum Gasteiger partial charge on any atom is -0.484 e. The standard InChI is InChI=1S/C20H26F3N3O2/c1-26-11-19(25-17(26)24)16-9-15(28-12-20(21,22)23)4-3-13(16)10-18(19)7-5-14(27-2)6-8-18/h3-4,9,14H,5-8,10-12H2,1-2H3,(H2,24,25). The van der Waals surface area contributed by atoms with Gasteiger partial charge in [-0.25, -0.2) is 4.99 Å². The smallest absolute Gasteiger partial charge is 0.422 e. The zero-order valence-corrected chi connectivity index (χ0v) is 16.2. The second kappa shape index (κ2) is 6.54. The van der Waals surface area contributed by atoms with E-state index in [1.165, 1.54) is 0 Å². The Labute approximate surface area is 162 Å². The van der Waals surface area contributed by atoms with Crippen molar-refractivity contribution in [1.29, 1.82) is 0 Å². The predicted molar refractivity (Wildman–Crippen MR) is 99.3 cm³/mol. The molecule has 1 heterocycles. The molecule has 1 atom stereocenters. The number of benzene rings is 1. The van der Waals surface area contributed by atoms with E-state index in [1.807, 2.05) is 18.0 Å². The summed E-state index contributed by atoms with van der Waals surface area (Å²) in [4.78, 5) is 6.85. The number of likely N-dealkylation sites (N-methyl/N-ethyl adjacent to an activating group) is 1. The summed E-state index contributed by atoms with van der Waals surface area (Å²) in [5, 5.41) is 0. The summed E-state index contributed by atoms with van der Waals surface area (Å²) in [5.74, 6) is 0.698. The van der Waals surface area contributed by atoms with Crippen LogP contribution in [0.4, 0.5) is 13.2 Å². The third-order valence-corrected chi connectivity index (χ3v) is 6.72. The number of rotatable bonds is 3. The van der Waals surface area contributed by atoms with Gasteiger partial charge < -0.3 is 20.1 Å². The summed E-state index contributed by atoms with van der Waals surface area (Å²) in [5.41, 5.74) is 7.60. The van der Waals surface area contributed by atoms with E-state index in [0.29, 0.717) is 12.5 Å². The van der Waals surface area contributed by atoms with Gasteiger partial charge in [0.25, 0.3) is 0 Å². The Balaban J connectivity index is 1.72. The van der Waals surface area contributed by atoms with Crippen LogP contribution in [0, 0.1) is 5.41 Å². The second-order valence-electron chi connectivity index (χ2n) is 8.30. The fraction of sp³-hybridized carbons (Fsp3) is 0.650. The maximum Gasteiger partial charge on any atom is 0.422 e. The van der Waals surface area contributed by atoms with E-state index in [9.17, 15) is 13.2 Å². The van der Waals surface area contributed by atoms with Crippen molar-refractivity contribution in [2.45, 2.75) is 49.9 Å². The summed E-state index contributed by atoms with van der Waals surface area (Å²) in [6, 6.07) is 5.27. The van der Waals surface area contributed by atoms with Crippen LogP contribution in [0.2, 0.25) is 0 Å². The Bertz CT molecular complexity index is 787. The predicted octanol–water partition coefficient (Wildman–Crippen LogP) is 3.21. The number of nitrogens with zero attached hydrogens (tertiary/aromatic N) is 2. The van der Waals surface area contributed by atoms with E-state index in [1.54, 1.807) is 19.2 Å². The van der Waals surface area contributed by atoms with Crippen molar-refractivity contribution in [1.82, 2.24) is 4.90 Å². The van der Waals surface area contributed by atoms with Crippen molar-refractivity contribution >= 4 is 5.96 Å². The number of fused-ring (bicyclic) bond motifs is 3. The Morgan fingerprint density at radius 2 is 2.00 bits per heavy atom. The van der Waals surface area contributed by atoms with Crippen LogP contribution in [0.15, 0.2) is 23.2 Å². The van der Waals surface area contributed by atoms with Gasteiger partial charge in [0.15, 0.2) is 12.6 Å². The first kappa shape index (κ1) is 19.4.